The van der Waals surface area contributed by atoms with Gasteiger partial charge in [-0.3, -0.25) is 0 Å². The summed E-state index contributed by atoms with van der Waals surface area (Å²) in [6, 6.07) is 5.67. The number of rotatable bonds is 18. The summed E-state index contributed by atoms with van der Waals surface area (Å²) < 4.78 is 80.5. The summed E-state index contributed by atoms with van der Waals surface area (Å²) in [6.45, 7) is -0.126. The Kier molecular flexibility index (Phi) is 13.6. The van der Waals surface area contributed by atoms with E-state index in [4.69, 9.17) is 15.8 Å². The maximum absolute atomic E-state index is 12.9. The van der Waals surface area contributed by atoms with Gasteiger partial charge in [-0.05, 0) is 45.4 Å². The van der Waals surface area contributed by atoms with Gasteiger partial charge in [0.25, 0.3) is 0 Å². The summed E-state index contributed by atoms with van der Waals surface area (Å²) in [6.07, 6.45) is 2.21. The number of hydrogen-bond acceptors (Lipinski definition) is 9. The van der Waals surface area contributed by atoms with Crippen LogP contribution in [-0.2, 0) is 30.1 Å². The van der Waals surface area contributed by atoms with Crippen LogP contribution in [0.3, 0.4) is 0 Å². The van der Waals surface area contributed by atoms with E-state index in [1.165, 1.54) is 0 Å². The highest BCUT2D eigenvalue weighted by Crippen LogP contribution is 2.29. The summed E-state index contributed by atoms with van der Waals surface area (Å²) in [7, 11) is -14.9. The highest BCUT2D eigenvalue weighted by molar-refractivity contribution is 8.24. The molecule has 0 bridgehead atoms. The van der Waals surface area contributed by atoms with Crippen molar-refractivity contribution in [2.45, 2.75) is 68.1 Å². The van der Waals surface area contributed by atoms with Crippen molar-refractivity contribution in [3.63, 3.8) is 0 Å². The van der Waals surface area contributed by atoms with Gasteiger partial charge < -0.3 is 0 Å². The van der Waals surface area contributed by atoms with Crippen LogP contribution in [0.25, 0.3) is 0 Å². The zero-order valence-electron chi connectivity index (χ0n) is 18.0. The molecule has 0 aromatic heterocycles. The van der Waals surface area contributed by atoms with Gasteiger partial charge in [-0.15, -0.1) is 0 Å². The minimum Gasteiger partial charge on any atom is -0.213 e. The molecule has 0 aromatic rings. The Bertz CT molecular complexity index is 889. The Morgan fingerprint density at radius 2 is 0.812 bits per heavy atom. The maximum Gasteiger partial charge on any atom is 0.310 e. The molecule has 0 aromatic carbocycles. The topological polar surface area (TPSA) is 210 Å². The molecule has 0 aliphatic heterocycles. The van der Waals surface area contributed by atoms with Crippen LogP contribution in [0.2, 0.25) is 0 Å². The van der Waals surface area contributed by atoms with Gasteiger partial charge in [0.2, 0.25) is 30.1 Å². The summed E-state index contributed by atoms with van der Waals surface area (Å²) in [5.41, 5.74) is 0. The lowest BCUT2D eigenvalue weighted by molar-refractivity contribution is 0.532. The largest absolute Gasteiger partial charge is 0.310 e. The zero-order valence-corrected chi connectivity index (χ0v) is 20.5. The fraction of sp³-hybridized carbons (Fsp3) is 0.824. The van der Waals surface area contributed by atoms with Gasteiger partial charge in [0.1, 0.15) is 0 Å². The molecule has 0 spiro atoms. The second kappa shape index (κ2) is 14.4. The third-order valence-corrected chi connectivity index (χ3v) is 13.1. The van der Waals surface area contributed by atoms with Gasteiger partial charge in [0, 0.05) is 38.9 Å². The van der Waals surface area contributed by atoms with Gasteiger partial charge in [-0.25, -0.2) is 39.4 Å². The number of sulfonamides is 3. The van der Waals surface area contributed by atoms with E-state index in [1.54, 1.807) is 0 Å². The van der Waals surface area contributed by atoms with E-state index in [9.17, 15) is 25.3 Å². The predicted molar refractivity (Wildman–Crippen MR) is 118 cm³/mol. The molecule has 0 aliphatic carbocycles. The quantitative estimate of drug-likeness (QED) is 0.219. The molecule has 0 radical (unpaired) electrons. The molecule has 3 N–H and O–H groups in total. The molecule has 15 heteroatoms. The molecule has 12 nitrogen and oxygen atoms in total. The van der Waals surface area contributed by atoms with Crippen molar-refractivity contribution in [2.75, 3.05) is 19.6 Å². The summed E-state index contributed by atoms with van der Waals surface area (Å²) in [4.78, 5) is 0. The average Bonchev–Trinajstić information content (AvgIpc) is 2.72. The van der Waals surface area contributed by atoms with Crippen molar-refractivity contribution >= 4 is 30.1 Å². The van der Waals surface area contributed by atoms with Crippen LogP contribution in [-0.4, -0.2) is 48.3 Å². The number of nitrogens with zero attached hydrogens (tertiary/aromatic N) is 3. The fourth-order valence-corrected chi connectivity index (χ4v) is 8.99. The predicted octanol–water partition coefficient (Wildman–Crippen LogP) is 0.500. The van der Waals surface area contributed by atoms with E-state index in [2.05, 4.69) is 0 Å². The van der Waals surface area contributed by atoms with Gasteiger partial charge in [0.15, 0.2) is 0 Å². The lowest BCUT2D eigenvalue weighted by Gasteiger charge is -2.29. The molecule has 0 saturated carbocycles. The van der Waals surface area contributed by atoms with Crippen LogP contribution in [0, 0.1) is 34.0 Å². The lowest BCUT2D eigenvalue weighted by Crippen LogP contribution is -2.62. The third-order valence-electron chi connectivity index (χ3n) is 4.49. The average molecular weight is 511 g/mol. The van der Waals surface area contributed by atoms with E-state index < -0.39 is 33.5 Å². The highest BCUT2D eigenvalue weighted by atomic mass is 32.3. The van der Waals surface area contributed by atoms with Crippen LogP contribution in [0.4, 0.5) is 0 Å². The molecule has 0 amide bonds. The maximum atomic E-state index is 12.9. The van der Waals surface area contributed by atoms with Crippen molar-refractivity contribution in [3.8, 4) is 18.2 Å². The fourth-order valence-electron chi connectivity index (χ4n) is 2.43. The second-order valence-corrected chi connectivity index (χ2v) is 14.0. The smallest absolute Gasteiger partial charge is 0.213 e. The van der Waals surface area contributed by atoms with Crippen LogP contribution < -0.4 is 14.2 Å². The van der Waals surface area contributed by atoms with E-state index >= 15 is 0 Å². The molecule has 0 aliphatic rings. The Hall–Kier alpha value is -1.80. The molecule has 182 valence electrons. The minimum atomic E-state index is -4.96. The monoisotopic (exact) mass is 510 g/mol. The Morgan fingerprint density at radius 3 is 1.03 bits per heavy atom. The Labute approximate surface area is 191 Å². The lowest BCUT2D eigenvalue weighted by atomic mass is 10.2. The molecule has 0 rings (SSSR count). The Morgan fingerprint density at radius 1 is 0.562 bits per heavy atom. The van der Waals surface area contributed by atoms with E-state index in [0.29, 0.717) is 26.2 Å². The molecular weight excluding hydrogens is 480 g/mol. The first-order valence-corrected chi connectivity index (χ1v) is 14.5. The molecule has 0 saturated heterocycles. The molecular formula is C17H30N6O6S3. The van der Waals surface area contributed by atoms with E-state index in [-0.39, 0.29) is 58.2 Å². The van der Waals surface area contributed by atoms with Gasteiger partial charge in [-0.1, -0.05) is 0 Å². The number of hydrogen-bond donors (Lipinski definition) is 3. The van der Waals surface area contributed by atoms with Crippen LogP contribution in [0.15, 0.2) is 0 Å². The van der Waals surface area contributed by atoms with E-state index in [0.717, 1.165) is 0 Å². The van der Waals surface area contributed by atoms with E-state index in [1.807, 2.05) is 32.4 Å². The molecule has 0 unspecified atom stereocenters. The molecule has 0 fully saturated rings. The Balaban J connectivity index is 5.77. The molecule has 0 heterocycles. The summed E-state index contributed by atoms with van der Waals surface area (Å²) in [5.74, 6) is 0. The van der Waals surface area contributed by atoms with Crippen molar-refractivity contribution < 1.29 is 25.3 Å². The number of nitrogens with one attached hydrogen (secondary N) is 3. The van der Waals surface area contributed by atoms with Crippen LogP contribution in [0.1, 0.15) is 64.7 Å². The standard InChI is InChI=1S/C17H30N6O6S3/c1-17(30(24,25)21-14-8-2-5-11-18,31(26,27)22-15-9-3-6-12-19)32(28,29)23-16-10-4-7-13-20/h21-23H,2-10,14-16H2,1H3. The number of nitriles is 3. The van der Waals surface area contributed by atoms with Gasteiger partial charge in [0.05, 0.1) is 18.2 Å². The van der Waals surface area contributed by atoms with Crippen LogP contribution in [0.5, 0.6) is 0 Å². The minimum absolute atomic E-state index is 0.171. The first-order valence-electron chi connectivity index (χ1n) is 10.0. The number of unbranched alkanes of at least 4 members (excludes halogenated alkanes) is 6. The van der Waals surface area contributed by atoms with Crippen molar-refractivity contribution in [1.29, 1.82) is 15.8 Å². The summed E-state index contributed by atoms with van der Waals surface area (Å²) >= 11 is 0. The van der Waals surface area contributed by atoms with Crippen molar-refractivity contribution in [2.24, 2.45) is 0 Å². The highest BCUT2D eigenvalue weighted by Gasteiger charge is 2.61. The van der Waals surface area contributed by atoms with Crippen molar-refractivity contribution in [1.82, 2.24) is 14.2 Å². The first kappa shape index (κ1) is 30.2. The third kappa shape index (κ3) is 8.62. The second-order valence-electron chi connectivity index (χ2n) is 6.90. The molecule has 0 atom stereocenters. The van der Waals surface area contributed by atoms with Gasteiger partial charge >= 0.3 is 3.41 Å². The first-order chi connectivity index (χ1) is 14.9. The normalized spacial score (nSPS) is 12.6. The van der Waals surface area contributed by atoms with Gasteiger partial charge in [-0.2, -0.15) is 15.8 Å². The summed E-state index contributed by atoms with van der Waals surface area (Å²) in [5, 5.41) is 25.6. The molecule has 32 heavy (non-hydrogen) atoms. The SMILES string of the molecule is CC(S(=O)(=O)NCCCCC#N)(S(=O)(=O)NCCCCC#N)S(=O)(=O)NCCCCC#N. The zero-order chi connectivity index (χ0) is 24.7. The van der Waals surface area contributed by atoms with Crippen molar-refractivity contribution in [3.05, 3.63) is 0 Å². The van der Waals surface area contributed by atoms with Crippen LogP contribution >= 0.6 is 0 Å².